The summed E-state index contributed by atoms with van der Waals surface area (Å²) in [7, 11) is 1.70. The van der Waals surface area contributed by atoms with Crippen LogP contribution in [-0.4, -0.2) is 7.11 Å². The number of rotatable bonds is 1. The minimum Gasteiger partial charge on any atom is -0.493 e. The second-order valence-corrected chi connectivity index (χ2v) is 4.40. The molecule has 0 radical (unpaired) electrons. The molecule has 3 rings (SSSR count). The van der Waals surface area contributed by atoms with Crippen LogP contribution in [-0.2, 0) is 12.8 Å². The lowest BCUT2D eigenvalue weighted by molar-refractivity contribution is 0.407. The molecule has 0 atom stereocenters. The Labute approximate surface area is 95.2 Å². The fourth-order valence-electron chi connectivity index (χ4n) is 2.59. The van der Waals surface area contributed by atoms with Crippen molar-refractivity contribution in [3.63, 3.8) is 0 Å². The summed E-state index contributed by atoms with van der Waals surface area (Å²) in [5.74, 6) is 2.03. The summed E-state index contributed by atoms with van der Waals surface area (Å²) in [5.41, 5.74) is 2.34. The molecule has 0 saturated heterocycles. The first kappa shape index (κ1) is 9.76. The molecule has 0 aliphatic heterocycles. The normalized spacial score (nSPS) is 15.8. The molecule has 2 heteroatoms. The number of hydrogen-bond donors (Lipinski definition) is 0. The molecule has 2 nitrogen and oxygen atoms in total. The number of furan rings is 1. The fourth-order valence-corrected chi connectivity index (χ4v) is 2.59. The fraction of sp³-hybridized carbons (Fsp3) is 0.429. The van der Waals surface area contributed by atoms with Crippen molar-refractivity contribution in [3.05, 3.63) is 29.5 Å². The van der Waals surface area contributed by atoms with E-state index in [9.17, 15) is 0 Å². The van der Waals surface area contributed by atoms with Gasteiger partial charge in [0.15, 0.2) is 11.3 Å². The minimum atomic E-state index is 0.852. The highest BCUT2D eigenvalue weighted by Crippen LogP contribution is 2.35. The molecule has 0 saturated carbocycles. The molecule has 1 aliphatic rings. The van der Waals surface area contributed by atoms with Gasteiger partial charge in [0.2, 0.25) is 0 Å². The van der Waals surface area contributed by atoms with E-state index in [0.29, 0.717) is 0 Å². The minimum absolute atomic E-state index is 0.852. The van der Waals surface area contributed by atoms with Crippen molar-refractivity contribution in [1.82, 2.24) is 0 Å². The Kier molecular flexibility index (Phi) is 2.35. The van der Waals surface area contributed by atoms with Gasteiger partial charge in [-0.1, -0.05) is 18.6 Å². The van der Waals surface area contributed by atoms with Gasteiger partial charge >= 0.3 is 0 Å². The van der Waals surface area contributed by atoms with Gasteiger partial charge in [-0.2, -0.15) is 0 Å². The summed E-state index contributed by atoms with van der Waals surface area (Å²) in [5, 5.41) is 1.25. The zero-order chi connectivity index (χ0) is 11.0. The number of benzene rings is 1. The van der Waals surface area contributed by atoms with Gasteiger partial charge in [-0.3, -0.25) is 0 Å². The Morgan fingerprint density at radius 2 is 2.00 bits per heavy atom. The monoisotopic (exact) mass is 216 g/mol. The van der Waals surface area contributed by atoms with E-state index >= 15 is 0 Å². The maximum absolute atomic E-state index is 5.97. The van der Waals surface area contributed by atoms with E-state index in [1.807, 2.05) is 12.1 Å². The molecule has 0 bridgehead atoms. The molecule has 1 aromatic heterocycles. The van der Waals surface area contributed by atoms with E-state index in [4.69, 9.17) is 9.15 Å². The predicted molar refractivity (Wildman–Crippen MR) is 64.0 cm³/mol. The van der Waals surface area contributed by atoms with Gasteiger partial charge in [0.05, 0.1) is 7.11 Å². The van der Waals surface area contributed by atoms with Crippen LogP contribution >= 0.6 is 0 Å². The number of para-hydroxylation sites is 1. The van der Waals surface area contributed by atoms with Crippen molar-refractivity contribution in [2.45, 2.75) is 32.1 Å². The summed E-state index contributed by atoms with van der Waals surface area (Å²) in [6, 6.07) is 6.15. The van der Waals surface area contributed by atoms with Gasteiger partial charge < -0.3 is 9.15 Å². The summed E-state index contributed by atoms with van der Waals surface area (Å²) >= 11 is 0. The maximum Gasteiger partial charge on any atom is 0.176 e. The second kappa shape index (κ2) is 3.85. The lowest BCUT2D eigenvalue weighted by atomic mass is 10.1. The largest absolute Gasteiger partial charge is 0.493 e. The predicted octanol–water partition coefficient (Wildman–Crippen LogP) is 3.71. The standard InChI is InChI=1S/C14H16O2/c1-15-13-9-5-7-11-10-6-3-2-4-8-12(10)16-14(11)13/h5,7,9H,2-4,6,8H2,1H3. The van der Waals surface area contributed by atoms with E-state index < -0.39 is 0 Å². The smallest absolute Gasteiger partial charge is 0.176 e. The van der Waals surface area contributed by atoms with Crippen LogP contribution in [0.4, 0.5) is 0 Å². The zero-order valence-electron chi connectivity index (χ0n) is 9.58. The Morgan fingerprint density at radius 3 is 2.88 bits per heavy atom. The number of hydrogen-bond acceptors (Lipinski definition) is 2. The van der Waals surface area contributed by atoms with Crippen LogP contribution in [0.3, 0.4) is 0 Å². The first-order valence-corrected chi connectivity index (χ1v) is 5.97. The van der Waals surface area contributed by atoms with Gasteiger partial charge in [-0.15, -0.1) is 0 Å². The number of fused-ring (bicyclic) bond motifs is 3. The molecule has 0 spiro atoms. The SMILES string of the molecule is COc1cccc2c3c(oc12)CCCCC3. The molecule has 0 amide bonds. The van der Waals surface area contributed by atoms with Crippen molar-refractivity contribution < 1.29 is 9.15 Å². The van der Waals surface area contributed by atoms with Crippen LogP contribution in [0.1, 0.15) is 30.6 Å². The Hall–Kier alpha value is -1.44. The Balaban J connectivity index is 2.24. The molecule has 2 aromatic rings. The maximum atomic E-state index is 5.97. The molecular weight excluding hydrogens is 200 g/mol. The van der Waals surface area contributed by atoms with Crippen molar-refractivity contribution in [2.75, 3.05) is 7.11 Å². The average molecular weight is 216 g/mol. The molecule has 0 N–H and O–H groups in total. The molecule has 84 valence electrons. The average Bonchev–Trinajstić information content (AvgIpc) is 2.52. The summed E-state index contributed by atoms with van der Waals surface area (Å²) in [6.45, 7) is 0. The van der Waals surface area contributed by atoms with Gasteiger partial charge in [0.1, 0.15) is 5.76 Å². The van der Waals surface area contributed by atoms with Crippen LogP contribution in [0.2, 0.25) is 0 Å². The first-order valence-electron chi connectivity index (χ1n) is 5.97. The van der Waals surface area contributed by atoms with E-state index in [1.165, 1.54) is 36.0 Å². The summed E-state index contributed by atoms with van der Waals surface area (Å²) < 4.78 is 11.3. The van der Waals surface area contributed by atoms with Crippen LogP contribution in [0.15, 0.2) is 22.6 Å². The van der Waals surface area contributed by atoms with Crippen molar-refractivity contribution in [3.8, 4) is 5.75 Å². The van der Waals surface area contributed by atoms with Gasteiger partial charge in [-0.05, 0) is 25.3 Å². The van der Waals surface area contributed by atoms with Gasteiger partial charge in [0, 0.05) is 17.4 Å². The van der Waals surface area contributed by atoms with Crippen molar-refractivity contribution in [2.24, 2.45) is 0 Å². The van der Waals surface area contributed by atoms with Crippen LogP contribution in [0.25, 0.3) is 11.0 Å². The molecule has 16 heavy (non-hydrogen) atoms. The molecular formula is C14H16O2. The lowest BCUT2D eigenvalue weighted by Gasteiger charge is -2.00. The number of methoxy groups -OCH3 is 1. The summed E-state index contributed by atoms with van der Waals surface area (Å²) in [4.78, 5) is 0. The number of ether oxygens (including phenoxy) is 1. The quantitative estimate of drug-likeness (QED) is 0.678. The van der Waals surface area contributed by atoms with E-state index in [0.717, 1.165) is 24.2 Å². The zero-order valence-corrected chi connectivity index (χ0v) is 9.58. The third-order valence-corrected chi connectivity index (χ3v) is 3.42. The van der Waals surface area contributed by atoms with Gasteiger partial charge in [0.25, 0.3) is 0 Å². The van der Waals surface area contributed by atoms with Gasteiger partial charge in [-0.25, -0.2) is 0 Å². The molecule has 0 unspecified atom stereocenters. The van der Waals surface area contributed by atoms with Crippen molar-refractivity contribution >= 4 is 11.0 Å². The lowest BCUT2D eigenvalue weighted by Crippen LogP contribution is -1.85. The molecule has 1 aliphatic carbocycles. The van der Waals surface area contributed by atoms with E-state index in [-0.39, 0.29) is 0 Å². The summed E-state index contributed by atoms with van der Waals surface area (Å²) in [6.07, 6.45) is 6.06. The van der Waals surface area contributed by atoms with Crippen LogP contribution < -0.4 is 4.74 Å². The highest BCUT2D eigenvalue weighted by atomic mass is 16.5. The van der Waals surface area contributed by atoms with Crippen LogP contribution in [0.5, 0.6) is 5.75 Å². The van der Waals surface area contributed by atoms with E-state index in [2.05, 4.69) is 6.07 Å². The first-order chi connectivity index (χ1) is 7.90. The molecule has 1 heterocycles. The third-order valence-electron chi connectivity index (χ3n) is 3.42. The Bertz CT molecular complexity index is 511. The Morgan fingerprint density at radius 1 is 1.12 bits per heavy atom. The van der Waals surface area contributed by atoms with E-state index in [1.54, 1.807) is 7.11 Å². The second-order valence-electron chi connectivity index (χ2n) is 4.40. The highest BCUT2D eigenvalue weighted by Gasteiger charge is 2.18. The third kappa shape index (κ3) is 1.41. The number of aryl methyl sites for hydroxylation is 2. The molecule has 0 fully saturated rings. The topological polar surface area (TPSA) is 22.4 Å². The molecule has 1 aromatic carbocycles. The van der Waals surface area contributed by atoms with Crippen molar-refractivity contribution in [1.29, 1.82) is 0 Å². The van der Waals surface area contributed by atoms with Crippen LogP contribution in [0, 0.1) is 0 Å². The highest BCUT2D eigenvalue weighted by molar-refractivity contribution is 5.87.